The third kappa shape index (κ3) is 2.46. The molecule has 0 radical (unpaired) electrons. The molecule has 0 spiro atoms. The van der Waals surface area contributed by atoms with Gasteiger partial charge in [0, 0.05) is 6.61 Å². The Morgan fingerprint density at radius 2 is 2.38 bits per heavy atom. The number of aromatic nitrogens is 3. The first-order valence-electron chi connectivity index (χ1n) is 6.56. The summed E-state index contributed by atoms with van der Waals surface area (Å²) in [5.41, 5.74) is 1.69. The second-order valence-electron chi connectivity index (χ2n) is 4.67. The van der Waals surface area contributed by atoms with Gasteiger partial charge < -0.3 is 9.47 Å². The Morgan fingerprint density at radius 3 is 3.00 bits per heavy atom. The van der Waals surface area contributed by atoms with Crippen LogP contribution in [-0.2, 0) is 4.74 Å². The van der Waals surface area contributed by atoms with Gasteiger partial charge in [-0.3, -0.25) is 0 Å². The first-order chi connectivity index (χ1) is 10.2. The van der Waals surface area contributed by atoms with Gasteiger partial charge in [-0.15, -0.1) is 5.10 Å². The maximum Gasteiger partial charge on any atom is 0.189 e. The molecule has 2 aromatic rings. The van der Waals surface area contributed by atoms with Gasteiger partial charge in [0.1, 0.15) is 23.6 Å². The van der Waals surface area contributed by atoms with E-state index in [0.29, 0.717) is 23.1 Å². The zero-order valence-corrected chi connectivity index (χ0v) is 12.2. The molecule has 1 saturated heterocycles. The van der Waals surface area contributed by atoms with Crippen molar-refractivity contribution in [1.29, 1.82) is 5.26 Å². The van der Waals surface area contributed by atoms with Gasteiger partial charge in [-0.05, 0) is 31.0 Å². The predicted molar refractivity (Wildman–Crippen MR) is 75.6 cm³/mol. The minimum atomic E-state index is -0.157. The maximum absolute atomic E-state index is 9.21. The lowest BCUT2D eigenvalue weighted by molar-refractivity contribution is 0.106. The molecule has 0 amide bonds. The van der Waals surface area contributed by atoms with E-state index < -0.39 is 0 Å². The summed E-state index contributed by atoms with van der Waals surface area (Å²) < 4.78 is 12.4. The molecular weight excluding hydrogens is 292 g/mol. The summed E-state index contributed by atoms with van der Waals surface area (Å²) >= 11 is 6.15. The number of hydrogen-bond donors (Lipinski definition) is 0. The van der Waals surface area contributed by atoms with Crippen LogP contribution in [0.1, 0.15) is 30.3 Å². The average molecular weight is 305 g/mol. The average Bonchev–Trinajstić information content (AvgIpc) is 3.15. The SMILES string of the molecule is COc1ccc(-n2nnc(C#N)c2C2CCCO2)cc1Cl. The van der Waals surface area contributed by atoms with E-state index in [1.807, 2.05) is 6.07 Å². The Kier molecular flexibility index (Phi) is 3.78. The topological polar surface area (TPSA) is 73.0 Å². The van der Waals surface area contributed by atoms with E-state index in [1.54, 1.807) is 23.9 Å². The van der Waals surface area contributed by atoms with Crippen molar-refractivity contribution in [2.24, 2.45) is 0 Å². The fraction of sp³-hybridized carbons (Fsp3) is 0.357. The monoisotopic (exact) mass is 304 g/mol. The highest BCUT2D eigenvalue weighted by Crippen LogP contribution is 2.33. The van der Waals surface area contributed by atoms with E-state index in [-0.39, 0.29) is 11.8 Å². The Hall–Kier alpha value is -2.10. The molecule has 21 heavy (non-hydrogen) atoms. The summed E-state index contributed by atoms with van der Waals surface area (Å²) in [5.74, 6) is 0.583. The lowest BCUT2D eigenvalue weighted by Gasteiger charge is -2.13. The molecule has 1 unspecified atom stereocenters. The van der Waals surface area contributed by atoms with Crippen molar-refractivity contribution in [2.75, 3.05) is 13.7 Å². The zero-order valence-electron chi connectivity index (χ0n) is 11.4. The van der Waals surface area contributed by atoms with Gasteiger partial charge in [0.15, 0.2) is 5.69 Å². The molecule has 0 saturated carbocycles. The second kappa shape index (κ2) is 5.72. The fourth-order valence-electron chi connectivity index (χ4n) is 2.43. The summed E-state index contributed by atoms with van der Waals surface area (Å²) in [7, 11) is 1.56. The van der Waals surface area contributed by atoms with Crippen molar-refractivity contribution in [3.8, 4) is 17.5 Å². The molecule has 0 aliphatic carbocycles. The number of hydrogen-bond acceptors (Lipinski definition) is 5. The van der Waals surface area contributed by atoms with E-state index in [2.05, 4.69) is 16.4 Å². The van der Waals surface area contributed by atoms with Crippen LogP contribution in [0.4, 0.5) is 0 Å². The third-order valence-electron chi connectivity index (χ3n) is 3.43. The molecule has 1 aliphatic heterocycles. The molecule has 0 N–H and O–H groups in total. The molecule has 1 aromatic carbocycles. The van der Waals surface area contributed by atoms with E-state index in [4.69, 9.17) is 21.1 Å². The Bertz CT molecular complexity index is 701. The highest BCUT2D eigenvalue weighted by atomic mass is 35.5. The number of nitriles is 1. The highest BCUT2D eigenvalue weighted by Gasteiger charge is 2.27. The quantitative estimate of drug-likeness (QED) is 0.871. The summed E-state index contributed by atoms with van der Waals surface area (Å²) in [4.78, 5) is 0. The standard InChI is InChI=1S/C14H13ClN4O2/c1-20-12-5-4-9(7-10(12)15)19-14(11(8-16)17-18-19)13-3-2-6-21-13/h4-5,7,13H,2-3,6H2,1H3. The first-order valence-corrected chi connectivity index (χ1v) is 6.93. The lowest BCUT2D eigenvalue weighted by atomic mass is 10.1. The van der Waals surface area contributed by atoms with Crippen molar-refractivity contribution >= 4 is 11.6 Å². The van der Waals surface area contributed by atoms with Crippen molar-refractivity contribution in [2.45, 2.75) is 18.9 Å². The van der Waals surface area contributed by atoms with Crippen molar-refractivity contribution in [3.63, 3.8) is 0 Å². The van der Waals surface area contributed by atoms with E-state index >= 15 is 0 Å². The van der Waals surface area contributed by atoms with Crippen LogP contribution in [0.5, 0.6) is 5.75 Å². The largest absolute Gasteiger partial charge is 0.495 e. The molecule has 1 fully saturated rings. The van der Waals surface area contributed by atoms with Crippen LogP contribution >= 0.6 is 11.6 Å². The molecule has 1 aliphatic rings. The molecule has 108 valence electrons. The predicted octanol–water partition coefficient (Wildman–Crippen LogP) is 2.65. The Morgan fingerprint density at radius 1 is 1.52 bits per heavy atom. The minimum absolute atomic E-state index is 0.157. The highest BCUT2D eigenvalue weighted by molar-refractivity contribution is 6.32. The molecule has 2 heterocycles. The maximum atomic E-state index is 9.21. The Labute approximate surface area is 126 Å². The molecule has 1 aromatic heterocycles. The number of halogens is 1. The van der Waals surface area contributed by atoms with Crippen molar-refractivity contribution < 1.29 is 9.47 Å². The van der Waals surface area contributed by atoms with Gasteiger partial charge in [-0.25, -0.2) is 4.68 Å². The second-order valence-corrected chi connectivity index (χ2v) is 5.07. The molecule has 7 heteroatoms. The Balaban J connectivity index is 2.08. The van der Waals surface area contributed by atoms with Crippen molar-refractivity contribution in [1.82, 2.24) is 15.0 Å². The number of rotatable bonds is 3. The van der Waals surface area contributed by atoms with E-state index in [1.165, 1.54) is 0 Å². The first kappa shape index (κ1) is 13.9. The normalized spacial score (nSPS) is 17.7. The smallest absolute Gasteiger partial charge is 0.189 e. The van der Waals surface area contributed by atoms with E-state index in [0.717, 1.165) is 18.5 Å². The van der Waals surface area contributed by atoms with Crippen molar-refractivity contribution in [3.05, 3.63) is 34.6 Å². The van der Waals surface area contributed by atoms with Crippen LogP contribution in [-0.4, -0.2) is 28.7 Å². The summed E-state index contributed by atoms with van der Waals surface area (Å²) in [6.07, 6.45) is 1.66. The van der Waals surface area contributed by atoms with Crippen LogP contribution in [0.3, 0.4) is 0 Å². The van der Waals surface area contributed by atoms with Gasteiger partial charge in [0.2, 0.25) is 0 Å². The lowest BCUT2D eigenvalue weighted by Crippen LogP contribution is -2.08. The van der Waals surface area contributed by atoms with Gasteiger partial charge in [0.25, 0.3) is 0 Å². The van der Waals surface area contributed by atoms with Crippen LogP contribution < -0.4 is 4.74 Å². The molecule has 3 rings (SSSR count). The number of nitrogens with zero attached hydrogens (tertiary/aromatic N) is 4. The van der Waals surface area contributed by atoms with Crippen LogP contribution in [0.2, 0.25) is 5.02 Å². The van der Waals surface area contributed by atoms with Gasteiger partial charge in [-0.2, -0.15) is 5.26 Å². The van der Waals surface area contributed by atoms with Gasteiger partial charge >= 0.3 is 0 Å². The van der Waals surface area contributed by atoms with E-state index in [9.17, 15) is 5.26 Å². The number of ether oxygens (including phenoxy) is 2. The number of benzene rings is 1. The fourth-order valence-corrected chi connectivity index (χ4v) is 2.68. The molecular formula is C14H13ClN4O2. The summed E-state index contributed by atoms with van der Waals surface area (Å²) in [6.45, 7) is 0.685. The van der Waals surface area contributed by atoms with Crippen LogP contribution in [0, 0.1) is 11.3 Å². The zero-order chi connectivity index (χ0) is 14.8. The molecule has 0 bridgehead atoms. The third-order valence-corrected chi connectivity index (χ3v) is 3.72. The minimum Gasteiger partial charge on any atom is -0.495 e. The van der Waals surface area contributed by atoms with Gasteiger partial charge in [0.05, 0.1) is 17.8 Å². The molecule has 1 atom stereocenters. The summed E-state index contributed by atoms with van der Waals surface area (Å²) in [6, 6.07) is 7.37. The molecule has 6 nitrogen and oxygen atoms in total. The number of methoxy groups -OCH3 is 1. The van der Waals surface area contributed by atoms with Crippen LogP contribution in [0.15, 0.2) is 18.2 Å². The summed E-state index contributed by atoms with van der Waals surface area (Å²) in [5, 5.41) is 17.7. The van der Waals surface area contributed by atoms with Gasteiger partial charge in [-0.1, -0.05) is 16.8 Å². The van der Waals surface area contributed by atoms with Crippen LogP contribution in [0.25, 0.3) is 5.69 Å².